The number of hydrogen-bond acceptors (Lipinski definition) is 2. The van der Waals surface area contributed by atoms with E-state index in [0.29, 0.717) is 0 Å². The average Bonchev–Trinajstić information content (AvgIpc) is 2.93. The molecule has 1 aromatic heterocycles. The molecule has 1 atom stereocenters. The second-order valence-electron chi connectivity index (χ2n) is 5.27. The van der Waals surface area contributed by atoms with E-state index in [1.54, 1.807) is 11.3 Å². The van der Waals surface area contributed by atoms with E-state index in [0.717, 1.165) is 30.1 Å². The zero-order valence-corrected chi connectivity index (χ0v) is 14.7. The van der Waals surface area contributed by atoms with Crippen molar-refractivity contribution in [3.63, 3.8) is 0 Å². The summed E-state index contributed by atoms with van der Waals surface area (Å²) >= 11 is 7.83. The Bertz CT molecular complexity index is 576. The van der Waals surface area contributed by atoms with Gasteiger partial charge in [0.1, 0.15) is 0 Å². The molecular weight excluding hydrogens is 298 g/mol. The Labute approximate surface area is 137 Å². The fraction of sp³-hybridized carbons (Fsp3) is 0.444. The van der Waals surface area contributed by atoms with Crippen LogP contribution in [0.5, 0.6) is 0 Å². The second-order valence-corrected chi connectivity index (χ2v) is 7.02. The van der Waals surface area contributed by atoms with Crippen LogP contribution in [0.4, 0.5) is 0 Å². The van der Waals surface area contributed by atoms with Gasteiger partial charge in [-0.25, -0.2) is 0 Å². The molecule has 1 N–H and O–H groups in total. The fourth-order valence-electron chi connectivity index (χ4n) is 2.59. The lowest BCUT2D eigenvalue weighted by molar-refractivity contribution is 0.601. The molecule has 0 bridgehead atoms. The summed E-state index contributed by atoms with van der Waals surface area (Å²) in [5.41, 5.74) is 4.22. The summed E-state index contributed by atoms with van der Waals surface area (Å²) in [4.78, 5) is 1.30. The van der Waals surface area contributed by atoms with E-state index in [4.69, 9.17) is 11.6 Å². The largest absolute Gasteiger partial charge is 0.306 e. The van der Waals surface area contributed by atoms with E-state index < -0.39 is 0 Å². The molecule has 21 heavy (non-hydrogen) atoms. The summed E-state index contributed by atoms with van der Waals surface area (Å²) in [6, 6.07) is 11.3. The normalized spacial score (nSPS) is 12.6. The Morgan fingerprint density at radius 3 is 2.48 bits per heavy atom. The molecule has 0 aliphatic heterocycles. The Morgan fingerprint density at radius 2 is 1.90 bits per heavy atom. The number of nitrogens with one attached hydrogen (secondary N) is 1. The van der Waals surface area contributed by atoms with Crippen molar-refractivity contribution in [1.29, 1.82) is 0 Å². The Hall–Kier alpha value is -0.830. The second kappa shape index (κ2) is 7.98. The highest BCUT2D eigenvalue weighted by Gasteiger charge is 2.18. The molecule has 2 aromatic rings. The highest BCUT2D eigenvalue weighted by atomic mass is 35.5. The maximum absolute atomic E-state index is 6.15. The van der Waals surface area contributed by atoms with Crippen LogP contribution in [0.15, 0.2) is 30.3 Å². The van der Waals surface area contributed by atoms with Gasteiger partial charge in [0.2, 0.25) is 0 Å². The van der Waals surface area contributed by atoms with Crippen LogP contribution in [0.1, 0.15) is 54.8 Å². The van der Waals surface area contributed by atoms with E-state index in [2.05, 4.69) is 50.4 Å². The van der Waals surface area contributed by atoms with Crippen molar-refractivity contribution in [2.24, 2.45) is 0 Å². The van der Waals surface area contributed by atoms with Gasteiger partial charge in [-0.3, -0.25) is 0 Å². The van der Waals surface area contributed by atoms with Crippen molar-refractivity contribution in [2.75, 3.05) is 6.54 Å². The lowest BCUT2D eigenvalue weighted by atomic mass is 9.94. The van der Waals surface area contributed by atoms with E-state index in [1.807, 2.05) is 6.07 Å². The van der Waals surface area contributed by atoms with Crippen LogP contribution in [0.3, 0.4) is 0 Å². The number of halogens is 1. The first kappa shape index (κ1) is 16.5. The third kappa shape index (κ3) is 4.09. The first-order chi connectivity index (χ1) is 10.2. The first-order valence-corrected chi connectivity index (χ1v) is 8.99. The molecule has 1 nitrogen and oxygen atoms in total. The van der Waals surface area contributed by atoms with Crippen LogP contribution in [-0.2, 0) is 12.8 Å². The SMILES string of the molecule is CCCNC(c1ccc(Cl)s1)c1cc(CC)ccc1CC. The van der Waals surface area contributed by atoms with Crippen molar-refractivity contribution in [1.82, 2.24) is 5.32 Å². The molecule has 0 fully saturated rings. The Kier molecular flexibility index (Phi) is 6.28. The van der Waals surface area contributed by atoms with Gasteiger partial charge in [0.05, 0.1) is 10.4 Å². The number of rotatable bonds is 7. The van der Waals surface area contributed by atoms with Crippen LogP contribution in [0.2, 0.25) is 4.34 Å². The van der Waals surface area contributed by atoms with E-state index in [-0.39, 0.29) is 6.04 Å². The molecule has 3 heteroatoms. The monoisotopic (exact) mass is 321 g/mol. The summed E-state index contributed by atoms with van der Waals surface area (Å²) in [7, 11) is 0. The van der Waals surface area contributed by atoms with Gasteiger partial charge in [-0.2, -0.15) is 0 Å². The first-order valence-electron chi connectivity index (χ1n) is 7.79. The predicted octanol–water partition coefficient (Wildman–Crippen LogP) is 5.62. The van der Waals surface area contributed by atoms with Crippen molar-refractivity contribution >= 4 is 22.9 Å². The lowest BCUT2D eigenvalue weighted by Crippen LogP contribution is -2.23. The van der Waals surface area contributed by atoms with Gasteiger partial charge in [0.15, 0.2) is 0 Å². The third-order valence-corrected chi connectivity index (χ3v) is 5.08. The molecule has 0 radical (unpaired) electrons. The van der Waals surface area contributed by atoms with Crippen molar-refractivity contribution < 1.29 is 0 Å². The quantitative estimate of drug-likeness (QED) is 0.698. The zero-order chi connectivity index (χ0) is 15.2. The van der Waals surface area contributed by atoms with Crippen LogP contribution < -0.4 is 5.32 Å². The summed E-state index contributed by atoms with van der Waals surface area (Å²) in [6.45, 7) is 7.65. The van der Waals surface area contributed by atoms with Gasteiger partial charge in [0.25, 0.3) is 0 Å². The van der Waals surface area contributed by atoms with Crippen LogP contribution >= 0.6 is 22.9 Å². The van der Waals surface area contributed by atoms with Gasteiger partial charge >= 0.3 is 0 Å². The van der Waals surface area contributed by atoms with Crippen LogP contribution in [0.25, 0.3) is 0 Å². The number of aryl methyl sites for hydroxylation is 2. The molecule has 2 rings (SSSR count). The predicted molar refractivity (Wildman–Crippen MR) is 94.7 cm³/mol. The minimum absolute atomic E-state index is 0.254. The number of hydrogen-bond donors (Lipinski definition) is 1. The van der Waals surface area contributed by atoms with Crippen molar-refractivity contribution in [2.45, 2.75) is 46.1 Å². The Balaban J connectivity index is 2.44. The summed E-state index contributed by atoms with van der Waals surface area (Å²) in [6.07, 6.45) is 3.26. The molecule has 0 spiro atoms. The highest BCUT2D eigenvalue weighted by molar-refractivity contribution is 7.16. The van der Waals surface area contributed by atoms with Gasteiger partial charge < -0.3 is 5.32 Å². The van der Waals surface area contributed by atoms with Crippen LogP contribution in [0, 0.1) is 0 Å². The van der Waals surface area contributed by atoms with Crippen LogP contribution in [-0.4, -0.2) is 6.54 Å². The summed E-state index contributed by atoms with van der Waals surface area (Å²) in [5, 5.41) is 3.69. The molecule has 0 aliphatic rings. The molecule has 1 heterocycles. The standard InChI is InChI=1S/C18H24ClNS/c1-4-11-20-18(16-9-10-17(19)21-16)15-12-13(5-2)7-8-14(15)6-3/h7-10,12,18,20H,4-6,11H2,1-3H3. The van der Waals surface area contributed by atoms with Crippen molar-refractivity contribution in [3.05, 3.63) is 56.2 Å². The smallest absolute Gasteiger partial charge is 0.0931 e. The number of benzene rings is 1. The maximum Gasteiger partial charge on any atom is 0.0931 e. The summed E-state index contributed by atoms with van der Waals surface area (Å²) < 4.78 is 0.859. The zero-order valence-electron chi connectivity index (χ0n) is 13.1. The highest BCUT2D eigenvalue weighted by Crippen LogP contribution is 2.33. The van der Waals surface area contributed by atoms with E-state index >= 15 is 0 Å². The van der Waals surface area contributed by atoms with Gasteiger partial charge in [0, 0.05) is 4.88 Å². The van der Waals surface area contributed by atoms with Crippen molar-refractivity contribution in [3.8, 4) is 0 Å². The lowest BCUT2D eigenvalue weighted by Gasteiger charge is -2.21. The molecule has 114 valence electrons. The summed E-state index contributed by atoms with van der Waals surface area (Å²) in [5.74, 6) is 0. The maximum atomic E-state index is 6.15. The third-order valence-electron chi connectivity index (χ3n) is 3.79. The fourth-order valence-corrected chi connectivity index (χ4v) is 3.75. The number of thiophene rings is 1. The molecule has 0 saturated carbocycles. The molecule has 1 unspecified atom stereocenters. The van der Waals surface area contributed by atoms with E-state index in [9.17, 15) is 0 Å². The minimum Gasteiger partial charge on any atom is -0.306 e. The van der Waals surface area contributed by atoms with Gasteiger partial charge in [-0.15, -0.1) is 11.3 Å². The van der Waals surface area contributed by atoms with Gasteiger partial charge in [-0.1, -0.05) is 50.6 Å². The Morgan fingerprint density at radius 1 is 1.10 bits per heavy atom. The average molecular weight is 322 g/mol. The topological polar surface area (TPSA) is 12.0 Å². The molecule has 0 saturated heterocycles. The van der Waals surface area contributed by atoms with Gasteiger partial charge in [-0.05, 0) is 54.6 Å². The molecular formula is C18H24ClNS. The van der Waals surface area contributed by atoms with E-state index in [1.165, 1.54) is 21.6 Å². The molecule has 0 amide bonds. The molecule has 0 aliphatic carbocycles. The minimum atomic E-state index is 0.254. The molecule has 1 aromatic carbocycles.